The molecule has 0 unspecified atom stereocenters. The minimum atomic E-state index is -0.657. The van der Waals surface area contributed by atoms with E-state index in [2.05, 4.69) is 22.8 Å². The summed E-state index contributed by atoms with van der Waals surface area (Å²) in [5, 5.41) is 4.76. The van der Waals surface area contributed by atoms with E-state index in [9.17, 15) is 14.4 Å². The van der Waals surface area contributed by atoms with Crippen LogP contribution >= 0.6 is 11.3 Å². The smallest absolute Gasteiger partial charge is 0.348 e. The van der Waals surface area contributed by atoms with Gasteiger partial charge in [-0.3, -0.25) is 10.1 Å². The van der Waals surface area contributed by atoms with Crippen LogP contribution in [0.3, 0.4) is 0 Å². The predicted molar refractivity (Wildman–Crippen MR) is 104 cm³/mol. The highest BCUT2D eigenvalue weighted by Crippen LogP contribution is 2.39. The maximum Gasteiger partial charge on any atom is 0.348 e. The van der Waals surface area contributed by atoms with E-state index in [4.69, 9.17) is 4.74 Å². The molecule has 1 aromatic carbocycles. The Morgan fingerprint density at radius 1 is 1.19 bits per heavy atom. The molecule has 0 saturated heterocycles. The lowest BCUT2D eigenvalue weighted by Crippen LogP contribution is -2.44. The van der Waals surface area contributed by atoms with Crippen LogP contribution in [0.5, 0.6) is 0 Å². The molecule has 6 nitrogen and oxygen atoms in total. The summed E-state index contributed by atoms with van der Waals surface area (Å²) in [5.41, 5.74) is 3.56. The minimum Gasteiger partial charge on any atom is -0.451 e. The number of urea groups is 1. The van der Waals surface area contributed by atoms with Crippen LogP contribution in [-0.4, -0.2) is 30.6 Å². The third-order valence-corrected chi connectivity index (χ3v) is 5.70. The number of carbonyl (C=O) groups excluding carboxylic acids is 3. The van der Waals surface area contributed by atoms with Gasteiger partial charge >= 0.3 is 12.0 Å². The number of ether oxygens (including phenoxy) is 1. The van der Waals surface area contributed by atoms with E-state index in [-0.39, 0.29) is 6.04 Å². The van der Waals surface area contributed by atoms with Crippen LogP contribution in [-0.2, 0) is 22.4 Å². The molecule has 1 heterocycles. The highest BCUT2D eigenvalue weighted by molar-refractivity contribution is 7.17. The SMILES string of the molecule is CC[C@@H](C)NC(=O)NC(=O)COC(=O)c1cc2c(s1)-c1ccccc1CC2. The Morgan fingerprint density at radius 3 is 2.70 bits per heavy atom. The van der Waals surface area contributed by atoms with Gasteiger partial charge in [0.05, 0.1) is 0 Å². The molecule has 0 saturated carbocycles. The summed E-state index contributed by atoms with van der Waals surface area (Å²) in [5.74, 6) is -1.21. The van der Waals surface area contributed by atoms with Crippen LogP contribution in [0.2, 0.25) is 0 Å². The summed E-state index contributed by atoms with van der Waals surface area (Å²) >= 11 is 1.38. The third kappa shape index (κ3) is 4.54. The standard InChI is InChI=1S/C20H22N2O4S/c1-3-12(2)21-20(25)22-17(23)11-26-19(24)16-10-14-9-8-13-6-4-5-7-15(13)18(14)27-16/h4-7,10,12H,3,8-9,11H2,1-2H3,(H2,21,22,23,25)/t12-/m1/s1. The van der Waals surface area contributed by atoms with Crippen LogP contribution in [0.1, 0.15) is 41.1 Å². The number of thiophene rings is 1. The van der Waals surface area contributed by atoms with Gasteiger partial charge in [0, 0.05) is 10.9 Å². The van der Waals surface area contributed by atoms with Crippen LogP contribution in [0.4, 0.5) is 4.79 Å². The molecule has 1 aromatic heterocycles. The molecule has 27 heavy (non-hydrogen) atoms. The van der Waals surface area contributed by atoms with Crippen LogP contribution < -0.4 is 10.6 Å². The van der Waals surface area contributed by atoms with Gasteiger partial charge in [-0.05, 0) is 48.9 Å². The Hall–Kier alpha value is -2.67. The van der Waals surface area contributed by atoms with Gasteiger partial charge in [0.25, 0.3) is 5.91 Å². The second kappa shape index (κ2) is 8.35. The van der Waals surface area contributed by atoms with Gasteiger partial charge in [-0.15, -0.1) is 11.3 Å². The summed E-state index contributed by atoms with van der Waals surface area (Å²) in [6.45, 7) is 3.26. The molecular weight excluding hydrogens is 364 g/mol. The van der Waals surface area contributed by atoms with Crippen molar-refractivity contribution in [2.75, 3.05) is 6.61 Å². The molecule has 0 spiro atoms. The molecule has 0 fully saturated rings. The fourth-order valence-electron chi connectivity index (χ4n) is 2.90. The largest absolute Gasteiger partial charge is 0.451 e. The normalized spacial score (nSPS) is 13.1. The number of carbonyl (C=O) groups is 3. The van der Waals surface area contributed by atoms with Crippen molar-refractivity contribution in [2.45, 2.75) is 39.2 Å². The lowest BCUT2D eigenvalue weighted by Gasteiger charge is -2.15. The monoisotopic (exact) mass is 386 g/mol. The molecule has 2 aromatic rings. The first-order chi connectivity index (χ1) is 13.0. The van der Waals surface area contributed by atoms with E-state index in [1.165, 1.54) is 16.9 Å². The first-order valence-electron chi connectivity index (χ1n) is 8.96. The van der Waals surface area contributed by atoms with E-state index in [1.54, 1.807) is 0 Å². The van der Waals surface area contributed by atoms with Crippen LogP contribution in [0.15, 0.2) is 30.3 Å². The highest BCUT2D eigenvalue weighted by atomic mass is 32.1. The fraction of sp³-hybridized carbons (Fsp3) is 0.350. The molecule has 0 bridgehead atoms. The zero-order valence-corrected chi connectivity index (χ0v) is 16.2. The van der Waals surface area contributed by atoms with Crippen LogP contribution in [0, 0.1) is 0 Å². The number of rotatable bonds is 5. The third-order valence-electron chi connectivity index (χ3n) is 4.51. The van der Waals surface area contributed by atoms with Gasteiger partial charge in [-0.2, -0.15) is 0 Å². The number of hydrogen-bond donors (Lipinski definition) is 2. The van der Waals surface area contributed by atoms with Crippen molar-refractivity contribution in [3.8, 4) is 10.4 Å². The van der Waals surface area contributed by atoms with Crippen molar-refractivity contribution in [3.63, 3.8) is 0 Å². The second-order valence-corrected chi connectivity index (χ2v) is 7.58. The van der Waals surface area contributed by atoms with Crippen LogP contribution in [0.25, 0.3) is 10.4 Å². The minimum absolute atomic E-state index is 0.0410. The molecule has 0 aliphatic heterocycles. The van der Waals surface area contributed by atoms with Gasteiger partial charge in [-0.25, -0.2) is 9.59 Å². The first kappa shape index (κ1) is 19.1. The Balaban J connectivity index is 1.58. The Morgan fingerprint density at radius 2 is 1.93 bits per heavy atom. The van der Waals surface area contributed by atoms with Crippen molar-refractivity contribution in [2.24, 2.45) is 0 Å². The summed E-state index contributed by atoms with van der Waals surface area (Å²) in [6.07, 6.45) is 2.58. The number of esters is 1. The molecule has 7 heteroatoms. The summed E-state index contributed by atoms with van der Waals surface area (Å²) in [7, 11) is 0. The topological polar surface area (TPSA) is 84.5 Å². The molecular formula is C20H22N2O4S. The molecule has 3 amide bonds. The van der Waals surface area contributed by atoms with Crippen molar-refractivity contribution in [1.29, 1.82) is 0 Å². The average molecular weight is 386 g/mol. The summed E-state index contributed by atoms with van der Waals surface area (Å²) < 4.78 is 5.07. The number of aryl methyl sites for hydroxylation is 2. The van der Waals surface area contributed by atoms with Gasteiger partial charge in [0.2, 0.25) is 0 Å². The zero-order chi connectivity index (χ0) is 19.4. The molecule has 0 radical (unpaired) electrons. The van der Waals surface area contributed by atoms with Crippen molar-refractivity contribution in [3.05, 3.63) is 46.3 Å². The number of hydrogen-bond acceptors (Lipinski definition) is 5. The quantitative estimate of drug-likeness (QED) is 0.772. The Labute approximate surface area is 161 Å². The van der Waals surface area contributed by atoms with Crippen molar-refractivity contribution < 1.29 is 19.1 Å². The van der Waals surface area contributed by atoms with Gasteiger partial charge < -0.3 is 10.1 Å². The van der Waals surface area contributed by atoms with E-state index in [0.29, 0.717) is 4.88 Å². The molecule has 3 rings (SSSR count). The molecule has 1 aliphatic rings. The summed E-state index contributed by atoms with van der Waals surface area (Å²) in [4.78, 5) is 37.2. The molecule has 1 aliphatic carbocycles. The number of benzene rings is 1. The van der Waals surface area contributed by atoms with Gasteiger partial charge in [0.15, 0.2) is 6.61 Å². The lowest BCUT2D eigenvalue weighted by atomic mass is 9.91. The molecule has 1 atom stereocenters. The van der Waals surface area contributed by atoms with E-state index in [0.717, 1.165) is 35.3 Å². The second-order valence-electron chi connectivity index (χ2n) is 6.53. The zero-order valence-electron chi connectivity index (χ0n) is 15.3. The maximum atomic E-state index is 12.3. The number of imide groups is 1. The number of amides is 3. The van der Waals surface area contributed by atoms with E-state index >= 15 is 0 Å². The van der Waals surface area contributed by atoms with E-state index in [1.807, 2.05) is 32.0 Å². The Bertz CT molecular complexity index is 875. The van der Waals surface area contributed by atoms with E-state index < -0.39 is 24.5 Å². The Kier molecular flexibility index (Phi) is 5.91. The predicted octanol–water partition coefficient (Wildman–Crippen LogP) is 3.29. The van der Waals surface area contributed by atoms with Gasteiger partial charge in [-0.1, -0.05) is 31.2 Å². The molecule has 142 valence electrons. The highest BCUT2D eigenvalue weighted by Gasteiger charge is 2.22. The maximum absolute atomic E-state index is 12.3. The lowest BCUT2D eigenvalue weighted by molar-refractivity contribution is -0.123. The van der Waals surface area contributed by atoms with Crippen molar-refractivity contribution >= 4 is 29.2 Å². The molecule has 2 N–H and O–H groups in total. The number of nitrogens with one attached hydrogen (secondary N) is 2. The fourth-order valence-corrected chi connectivity index (χ4v) is 4.06. The van der Waals surface area contributed by atoms with Gasteiger partial charge in [0.1, 0.15) is 4.88 Å². The van der Waals surface area contributed by atoms with Crippen molar-refractivity contribution in [1.82, 2.24) is 10.6 Å². The summed E-state index contributed by atoms with van der Waals surface area (Å²) in [6, 6.07) is 9.37. The number of fused-ring (bicyclic) bond motifs is 3. The average Bonchev–Trinajstić information content (AvgIpc) is 3.10. The first-order valence-corrected chi connectivity index (χ1v) is 9.78.